The first kappa shape index (κ1) is 14.2. The van der Waals surface area contributed by atoms with E-state index in [2.05, 4.69) is 5.32 Å². The Morgan fingerprint density at radius 3 is 2.78 bits per heavy atom. The second-order valence-electron chi connectivity index (χ2n) is 5.79. The molecular weight excluding hydrogens is 250 g/mol. The van der Waals surface area contributed by atoms with Gasteiger partial charge in [-0.1, -0.05) is 6.92 Å². The lowest BCUT2D eigenvalue weighted by Gasteiger charge is -2.26. The SMILES string of the molecule is CC(CO)CSC1CCC(NC2CC2)(C(=O)O)C1. The van der Waals surface area contributed by atoms with E-state index in [1.54, 1.807) is 0 Å². The summed E-state index contributed by atoms with van der Waals surface area (Å²) in [6.07, 6.45) is 4.67. The van der Waals surface area contributed by atoms with Crippen LogP contribution >= 0.6 is 11.8 Å². The summed E-state index contributed by atoms with van der Waals surface area (Å²) in [7, 11) is 0. The number of nitrogens with one attached hydrogen (secondary N) is 1. The van der Waals surface area contributed by atoms with E-state index in [1.165, 1.54) is 0 Å². The number of carbonyl (C=O) groups is 1. The predicted molar refractivity (Wildman–Crippen MR) is 72.9 cm³/mol. The van der Waals surface area contributed by atoms with Gasteiger partial charge in [-0.25, -0.2) is 0 Å². The Balaban J connectivity index is 1.85. The topological polar surface area (TPSA) is 69.6 Å². The maximum absolute atomic E-state index is 11.5. The number of aliphatic hydroxyl groups excluding tert-OH is 1. The molecule has 0 radical (unpaired) electrons. The number of hydrogen-bond donors (Lipinski definition) is 3. The third-order valence-electron chi connectivity index (χ3n) is 3.86. The van der Waals surface area contributed by atoms with Crippen molar-refractivity contribution in [2.45, 2.75) is 55.9 Å². The number of aliphatic hydroxyl groups is 1. The fourth-order valence-corrected chi connectivity index (χ4v) is 3.89. The summed E-state index contributed by atoms with van der Waals surface area (Å²) in [5.74, 6) is 0.527. The van der Waals surface area contributed by atoms with Gasteiger partial charge in [0.25, 0.3) is 0 Å². The van der Waals surface area contributed by atoms with Crippen LogP contribution in [0.5, 0.6) is 0 Å². The number of hydrogen-bond acceptors (Lipinski definition) is 4. The Hall–Kier alpha value is -0.260. The van der Waals surface area contributed by atoms with Crippen LogP contribution in [0.2, 0.25) is 0 Å². The summed E-state index contributed by atoms with van der Waals surface area (Å²) in [6, 6.07) is 0.432. The zero-order chi connectivity index (χ0) is 13.2. The van der Waals surface area contributed by atoms with Gasteiger partial charge < -0.3 is 10.2 Å². The van der Waals surface area contributed by atoms with Gasteiger partial charge in [0.2, 0.25) is 0 Å². The fraction of sp³-hybridized carbons (Fsp3) is 0.923. The lowest BCUT2D eigenvalue weighted by atomic mass is 9.98. The first-order valence-electron chi connectivity index (χ1n) is 6.79. The smallest absolute Gasteiger partial charge is 0.323 e. The molecular formula is C13H23NO3S. The van der Waals surface area contributed by atoms with Gasteiger partial charge in [-0.15, -0.1) is 0 Å². The van der Waals surface area contributed by atoms with Crippen LogP contribution in [0.4, 0.5) is 0 Å². The highest BCUT2D eigenvalue weighted by molar-refractivity contribution is 7.99. The molecule has 0 spiro atoms. The van der Waals surface area contributed by atoms with Gasteiger partial charge in [0.05, 0.1) is 0 Å². The monoisotopic (exact) mass is 273 g/mol. The normalized spacial score (nSPS) is 33.6. The molecule has 3 unspecified atom stereocenters. The van der Waals surface area contributed by atoms with Crippen molar-refractivity contribution in [3.63, 3.8) is 0 Å². The molecule has 5 heteroatoms. The number of carboxylic acids is 1. The molecule has 18 heavy (non-hydrogen) atoms. The van der Waals surface area contributed by atoms with Gasteiger partial charge in [-0.3, -0.25) is 10.1 Å². The second kappa shape index (κ2) is 5.80. The van der Waals surface area contributed by atoms with Crippen molar-refractivity contribution < 1.29 is 15.0 Å². The highest BCUT2D eigenvalue weighted by Crippen LogP contribution is 2.40. The van der Waals surface area contributed by atoms with E-state index < -0.39 is 11.5 Å². The van der Waals surface area contributed by atoms with Crippen molar-refractivity contribution in [3.8, 4) is 0 Å². The Kier molecular flexibility index (Phi) is 4.56. The lowest BCUT2D eigenvalue weighted by Crippen LogP contribution is -2.51. The van der Waals surface area contributed by atoms with Crippen molar-refractivity contribution in [2.75, 3.05) is 12.4 Å². The Morgan fingerprint density at radius 2 is 2.22 bits per heavy atom. The average Bonchev–Trinajstić information content (AvgIpc) is 3.05. The molecule has 0 aromatic carbocycles. The summed E-state index contributed by atoms with van der Waals surface area (Å²) in [5.41, 5.74) is -0.679. The van der Waals surface area contributed by atoms with Crippen molar-refractivity contribution in [2.24, 2.45) is 5.92 Å². The van der Waals surface area contributed by atoms with Gasteiger partial charge in [-0.05, 0) is 43.8 Å². The molecule has 4 nitrogen and oxygen atoms in total. The standard InChI is InChI=1S/C13H23NO3S/c1-9(7-15)8-18-11-4-5-13(6-11,12(16)17)14-10-2-3-10/h9-11,14-15H,2-8H2,1H3,(H,16,17). The Morgan fingerprint density at radius 1 is 1.50 bits per heavy atom. The van der Waals surface area contributed by atoms with Crippen molar-refractivity contribution in [1.29, 1.82) is 0 Å². The highest BCUT2D eigenvalue weighted by atomic mass is 32.2. The molecule has 3 N–H and O–H groups in total. The van der Waals surface area contributed by atoms with Crippen LogP contribution in [0.3, 0.4) is 0 Å². The van der Waals surface area contributed by atoms with Crippen LogP contribution in [0.1, 0.15) is 39.0 Å². The zero-order valence-corrected chi connectivity index (χ0v) is 11.7. The summed E-state index contributed by atoms with van der Waals surface area (Å²) in [5, 5.41) is 22.2. The van der Waals surface area contributed by atoms with Crippen LogP contribution < -0.4 is 5.32 Å². The minimum atomic E-state index is -0.687. The van der Waals surface area contributed by atoms with Gasteiger partial charge in [0.1, 0.15) is 5.54 Å². The minimum Gasteiger partial charge on any atom is -0.480 e. The maximum Gasteiger partial charge on any atom is 0.323 e. The molecule has 0 aliphatic heterocycles. The molecule has 0 heterocycles. The number of aliphatic carboxylic acids is 1. The van der Waals surface area contributed by atoms with E-state index in [9.17, 15) is 9.90 Å². The van der Waals surface area contributed by atoms with Gasteiger partial charge >= 0.3 is 5.97 Å². The number of thioether (sulfide) groups is 1. The fourth-order valence-electron chi connectivity index (χ4n) is 2.50. The third-order valence-corrected chi connectivity index (χ3v) is 5.50. The molecule has 2 saturated carbocycles. The molecule has 2 rings (SSSR count). The van der Waals surface area contributed by atoms with E-state index in [0.717, 1.165) is 37.9 Å². The molecule has 0 aromatic heterocycles. The van der Waals surface area contributed by atoms with Crippen LogP contribution in [-0.2, 0) is 4.79 Å². The van der Waals surface area contributed by atoms with Crippen molar-refractivity contribution >= 4 is 17.7 Å². The molecule has 2 aliphatic carbocycles. The molecule has 0 aromatic rings. The molecule has 3 atom stereocenters. The van der Waals surface area contributed by atoms with Crippen molar-refractivity contribution in [3.05, 3.63) is 0 Å². The Labute approximate surface area is 113 Å². The van der Waals surface area contributed by atoms with E-state index >= 15 is 0 Å². The Bertz CT molecular complexity index is 309. The van der Waals surface area contributed by atoms with Crippen LogP contribution in [0, 0.1) is 5.92 Å². The number of carboxylic acid groups (broad SMARTS) is 1. The molecule has 2 aliphatic rings. The second-order valence-corrected chi connectivity index (χ2v) is 7.13. The first-order chi connectivity index (χ1) is 8.55. The van der Waals surface area contributed by atoms with E-state index in [1.807, 2.05) is 18.7 Å². The summed E-state index contributed by atoms with van der Waals surface area (Å²) < 4.78 is 0. The molecule has 0 bridgehead atoms. The van der Waals surface area contributed by atoms with Crippen LogP contribution in [0.15, 0.2) is 0 Å². The summed E-state index contributed by atoms with van der Waals surface area (Å²) in [4.78, 5) is 11.5. The predicted octanol–water partition coefficient (Wildman–Crippen LogP) is 1.48. The highest BCUT2D eigenvalue weighted by Gasteiger charge is 2.48. The van der Waals surface area contributed by atoms with Gasteiger partial charge in [0.15, 0.2) is 0 Å². The van der Waals surface area contributed by atoms with Gasteiger partial charge in [-0.2, -0.15) is 11.8 Å². The van der Waals surface area contributed by atoms with Gasteiger partial charge in [0, 0.05) is 17.9 Å². The number of rotatable bonds is 7. The third kappa shape index (κ3) is 3.39. The zero-order valence-electron chi connectivity index (χ0n) is 10.9. The van der Waals surface area contributed by atoms with E-state index in [0.29, 0.717) is 17.2 Å². The molecule has 0 amide bonds. The average molecular weight is 273 g/mol. The molecule has 104 valence electrons. The first-order valence-corrected chi connectivity index (χ1v) is 7.84. The molecule has 2 fully saturated rings. The largest absolute Gasteiger partial charge is 0.480 e. The lowest BCUT2D eigenvalue weighted by molar-refractivity contribution is -0.144. The van der Waals surface area contributed by atoms with Crippen LogP contribution in [-0.4, -0.2) is 45.4 Å². The summed E-state index contributed by atoms with van der Waals surface area (Å²) in [6.45, 7) is 2.24. The van der Waals surface area contributed by atoms with E-state index in [-0.39, 0.29) is 6.61 Å². The minimum absolute atomic E-state index is 0.212. The van der Waals surface area contributed by atoms with Crippen LogP contribution in [0.25, 0.3) is 0 Å². The van der Waals surface area contributed by atoms with E-state index in [4.69, 9.17) is 5.11 Å². The molecule has 0 saturated heterocycles. The summed E-state index contributed by atoms with van der Waals surface area (Å²) >= 11 is 1.82. The van der Waals surface area contributed by atoms with Crippen molar-refractivity contribution in [1.82, 2.24) is 5.32 Å². The quantitative estimate of drug-likeness (QED) is 0.655. The maximum atomic E-state index is 11.5.